The number of nitrogens with one attached hydrogen (secondary N) is 1. The first-order valence-electron chi connectivity index (χ1n) is 19.7. The normalized spacial score (nSPS) is 35.4. The van der Waals surface area contributed by atoms with Gasteiger partial charge in [-0.1, -0.05) is 86.1 Å². The minimum absolute atomic E-state index is 0.0938. The monoisotopic (exact) mass is 770 g/mol. The number of carbonyl (C=O) groups excluding carboxylic acids is 2. The number of hydrogen-bond donors (Lipinski definition) is 3. The lowest BCUT2D eigenvalue weighted by Crippen LogP contribution is -2.67. The van der Waals surface area contributed by atoms with Crippen molar-refractivity contribution in [1.29, 1.82) is 0 Å². The first-order chi connectivity index (χ1) is 25.8. The number of ketones is 1. The molecule has 3 fully saturated rings. The summed E-state index contributed by atoms with van der Waals surface area (Å²) < 4.78 is 15.2. The van der Waals surface area contributed by atoms with Crippen molar-refractivity contribution in [3.63, 3.8) is 0 Å². The Morgan fingerprint density at radius 1 is 0.981 bits per heavy atom. The van der Waals surface area contributed by atoms with Crippen LogP contribution in [0.25, 0.3) is 0 Å². The molecule has 2 bridgehead atoms. The first kappa shape index (κ1) is 37.6. The molecule has 286 valence electrons. The van der Waals surface area contributed by atoms with Crippen LogP contribution in [0.3, 0.4) is 0 Å². The van der Waals surface area contributed by atoms with E-state index in [1.165, 1.54) is 10.9 Å². The van der Waals surface area contributed by atoms with Gasteiger partial charge in [0.05, 0.1) is 24.3 Å². The average molecular weight is 771 g/mol. The van der Waals surface area contributed by atoms with E-state index in [9.17, 15) is 19.8 Å². The van der Waals surface area contributed by atoms with E-state index in [1.807, 2.05) is 53.6 Å². The highest BCUT2D eigenvalue weighted by Gasteiger charge is 2.74. The predicted molar refractivity (Wildman–Crippen MR) is 212 cm³/mol. The SMILES string of the molecule is C[C@@H](NC(=O)N(CCc1cccs1)C[C@]1(O)CC[C@H]2[C@]34C=C[C@@]5(C=C3C(=O)Cc3c(F)cccc3Cl)CC(O)CC[C@]5(C)[C@H]4CC[C@@]21C)c1ccccc1. The molecule has 0 radical (unpaired) electrons. The lowest BCUT2D eigenvalue weighted by Gasteiger charge is -2.71. The molecule has 6 aliphatic carbocycles. The van der Waals surface area contributed by atoms with Crippen molar-refractivity contribution < 1.29 is 24.2 Å². The van der Waals surface area contributed by atoms with E-state index in [-0.39, 0.29) is 58.7 Å². The number of rotatable bonds is 10. The zero-order valence-corrected chi connectivity index (χ0v) is 33.1. The number of aliphatic hydroxyl groups excluding tert-OH is 1. The van der Waals surface area contributed by atoms with Gasteiger partial charge in [-0.2, -0.15) is 0 Å². The van der Waals surface area contributed by atoms with Crippen LogP contribution in [0.1, 0.15) is 87.8 Å². The molecule has 3 saturated carbocycles. The third-order valence-electron chi connectivity index (χ3n) is 15.0. The smallest absolute Gasteiger partial charge is 0.317 e. The van der Waals surface area contributed by atoms with Gasteiger partial charge in [0.1, 0.15) is 5.82 Å². The molecule has 1 heterocycles. The summed E-state index contributed by atoms with van der Waals surface area (Å²) in [7, 11) is 0. The molecule has 54 heavy (non-hydrogen) atoms. The summed E-state index contributed by atoms with van der Waals surface area (Å²) in [5.41, 5.74) is -1.31. The van der Waals surface area contributed by atoms with Crippen molar-refractivity contribution in [3.8, 4) is 0 Å². The van der Waals surface area contributed by atoms with Gasteiger partial charge in [0.25, 0.3) is 0 Å². The Labute approximate surface area is 327 Å². The number of urea groups is 1. The number of amides is 2. The molecule has 6 nitrogen and oxygen atoms in total. The van der Waals surface area contributed by atoms with Crippen LogP contribution in [-0.4, -0.2) is 51.7 Å². The van der Waals surface area contributed by atoms with E-state index in [0.717, 1.165) is 24.8 Å². The van der Waals surface area contributed by atoms with E-state index in [1.54, 1.807) is 23.5 Å². The Morgan fingerprint density at radius 3 is 2.46 bits per heavy atom. The topological polar surface area (TPSA) is 89.9 Å². The van der Waals surface area contributed by atoms with Gasteiger partial charge in [0.2, 0.25) is 0 Å². The fourth-order valence-corrected chi connectivity index (χ4v) is 12.9. The second-order valence-corrected chi connectivity index (χ2v) is 18.9. The molecule has 2 amide bonds. The largest absolute Gasteiger partial charge is 0.393 e. The predicted octanol–water partition coefficient (Wildman–Crippen LogP) is 9.26. The molecule has 3 aromatic rings. The van der Waals surface area contributed by atoms with E-state index in [2.05, 4.69) is 43.5 Å². The van der Waals surface area contributed by atoms with Gasteiger partial charge < -0.3 is 20.4 Å². The highest BCUT2D eigenvalue weighted by atomic mass is 35.5. The summed E-state index contributed by atoms with van der Waals surface area (Å²) in [6, 6.07) is 18.1. The Bertz CT molecular complexity index is 1970. The van der Waals surface area contributed by atoms with Gasteiger partial charge in [-0.15, -0.1) is 11.3 Å². The number of benzene rings is 2. The molecule has 9 heteroatoms. The third-order valence-corrected chi connectivity index (χ3v) is 16.3. The molecule has 9 rings (SSSR count). The number of thiophene rings is 1. The quantitative estimate of drug-likeness (QED) is 0.180. The molecule has 0 aliphatic heterocycles. The Kier molecular flexibility index (Phi) is 9.55. The number of hydrogen-bond acceptors (Lipinski definition) is 5. The van der Waals surface area contributed by atoms with Crippen molar-refractivity contribution >= 4 is 34.8 Å². The van der Waals surface area contributed by atoms with Crippen molar-refractivity contribution in [1.82, 2.24) is 10.2 Å². The van der Waals surface area contributed by atoms with Crippen LogP contribution in [0.15, 0.2) is 89.8 Å². The van der Waals surface area contributed by atoms with Crippen LogP contribution in [0.5, 0.6) is 0 Å². The van der Waals surface area contributed by atoms with E-state index >= 15 is 4.39 Å². The maximum absolute atomic E-state index is 15.2. The molecular weight excluding hydrogens is 719 g/mol. The fourth-order valence-electron chi connectivity index (χ4n) is 12.0. The number of aliphatic hydroxyl groups is 2. The number of fused-ring (bicyclic) bond motifs is 1. The van der Waals surface area contributed by atoms with Crippen molar-refractivity contribution in [2.45, 2.75) is 96.3 Å². The minimum Gasteiger partial charge on any atom is -0.393 e. The Morgan fingerprint density at radius 2 is 1.72 bits per heavy atom. The zero-order valence-electron chi connectivity index (χ0n) is 31.5. The molecule has 1 unspecified atom stereocenters. The number of nitrogens with zero attached hydrogens (tertiary/aromatic N) is 1. The number of allylic oxidation sites excluding steroid dienone is 4. The number of halogens is 2. The summed E-state index contributed by atoms with van der Waals surface area (Å²) >= 11 is 8.16. The highest BCUT2D eigenvalue weighted by Crippen LogP contribution is 2.78. The Balaban J connectivity index is 1.15. The number of carbonyl (C=O) groups is 2. The van der Waals surface area contributed by atoms with Gasteiger partial charge in [-0.05, 0) is 105 Å². The van der Waals surface area contributed by atoms with Crippen molar-refractivity contribution in [2.24, 2.45) is 33.5 Å². The van der Waals surface area contributed by atoms with Crippen LogP contribution in [0, 0.1) is 39.3 Å². The van der Waals surface area contributed by atoms with Crippen molar-refractivity contribution in [3.05, 3.63) is 117 Å². The summed E-state index contributed by atoms with van der Waals surface area (Å²) in [6.45, 7) is 7.15. The Hall–Kier alpha value is -3.30. The standard InChI is InChI=1S/C45H52ClFN2O4S/c1-29(30-9-5-4-6-10-30)48-40(52)49(23-17-32-11-8-24-54-32)28-44(53)20-16-39-42(44,3)19-15-38-41(2)18-14-31(50)26-43(41)21-22-45(38,39)34(27-43)37(51)25-33-35(46)12-7-13-36(33)47/h4-13,21-22,24,27,29,31,38-39,50,53H,14-20,23,25-26,28H2,1-3H3,(H,48,52)/t29-,31?,38-,39-,41-,42+,43+,44-,45-/m1/s1. The molecule has 2 aromatic carbocycles. The molecule has 0 saturated heterocycles. The molecule has 6 aliphatic rings. The maximum Gasteiger partial charge on any atom is 0.317 e. The van der Waals surface area contributed by atoms with Crippen LogP contribution < -0.4 is 5.32 Å². The molecule has 9 atom stereocenters. The van der Waals surface area contributed by atoms with E-state index < -0.39 is 33.8 Å². The lowest BCUT2D eigenvalue weighted by molar-refractivity contribution is -0.177. The first-order valence-corrected chi connectivity index (χ1v) is 20.9. The van der Waals surface area contributed by atoms with Crippen LogP contribution in [0.2, 0.25) is 5.02 Å². The van der Waals surface area contributed by atoms with E-state index in [4.69, 9.17) is 11.6 Å². The summed E-state index contributed by atoms with van der Waals surface area (Å²) in [6.07, 6.45) is 11.6. The third kappa shape index (κ3) is 5.76. The van der Waals surface area contributed by atoms with Gasteiger partial charge in [0.15, 0.2) is 5.78 Å². The van der Waals surface area contributed by atoms with Gasteiger partial charge in [-0.25, -0.2) is 9.18 Å². The molecule has 1 aromatic heterocycles. The fraction of sp³-hybridized carbons (Fsp3) is 0.511. The molecular formula is C45H52ClFN2O4S. The molecule has 3 N–H and O–H groups in total. The highest BCUT2D eigenvalue weighted by molar-refractivity contribution is 7.09. The lowest BCUT2D eigenvalue weighted by atomic mass is 9.32. The zero-order chi connectivity index (χ0) is 38.1. The van der Waals surface area contributed by atoms with Gasteiger partial charge >= 0.3 is 6.03 Å². The van der Waals surface area contributed by atoms with E-state index in [0.29, 0.717) is 44.2 Å². The second-order valence-electron chi connectivity index (χ2n) is 17.4. The van der Waals surface area contributed by atoms with Crippen LogP contribution in [0.4, 0.5) is 9.18 Å². The van der Waals surface area contributed by atoms with Gasteiger partial charge in [-0.3, -0.25) is 4.79 Å². The van der Waals surface area contributed by atoms with Crippen LogP contribution in [-0.2, 0) is 17.6 Å². The average Bonchev–Trinajstić information content (AvgIpc) is 3.77. The summed E-state index contributed by atoms with van der Waals surface area (Å²) in [5.74, 6) is -0.634. The van der Waals surface area contributed by atoms with Gasteiger partial charge in [0, 0.05) is 50.2 Å². The summed E-state index contributed by atoms with van der Waals surface area (Å²) in [5, 5.41) is 29.6. The van der Waals surface area contributed by atoms with Crippen LogP contribution >= 0.6 is 22.9 Å². The van der Waals surface area contributed by atoms with Crippen molar-refractivity contribution in [2.75, 3.05) is 13.1 Å². The summed E-state index contributed by atoms with van der Waals surface area (Å²) in [4.78, 5) is 32.0. The maximum atomic E-state index is 15.2. The second kappa shape index (κ2) is 13.7. The molecule has 2 spiro atoms. The minimum atomic E-state index is -1.22. The number of Topliss-reactive ketones (excluding diaryl/α,β-unsaturated/α-hetero) is 1.